The highest BCUT2D eigenvalue weighted by atomic mass is 127. The summed E-state index contributed by atoms with van der Waals surface area (Å²) in [7, 11) is 0. The molecule has 7 nitrogen and oxygen atoms in total. The van der Waals surface area contributed by atoms with Crippen LogP contribution < -0.4 is 10.6 Å². The van der Waals surface area contributed by atoms with Crippen LogP contribution >= 0.6 is 35.3 Å². The van der Waals surface area contributed by atoms with Crippen LogP contribution in [0.1, 0.15) is 52.7 Å². The molecule has 0 radical (unpaired) electrons. The molecule has 1 atom stereocenters. The number of nitrogens with one attached hydrogen (secondary N) is 3. The molecule has 0 aliphatic heterocycles. The third-order valence-electron chi connectivity index (χ3n) is 4.72. The van der Waals surface area contributed by atoms with E-state index in [2.05, 4.69) is 25.6 Å². The van der Waals surface area contributed by atoms with Gasteiger partial charge in [-0.1, -0.05) is 0 Å². The summed E-state index contributed by atoms with van der Waals surface area (Å²) in [5.74, 6) is 0.0802. The number of thiazole rings is 1. The standard InChI is InChI=1S/C22H28FN5O2S.HI/c1-5-24-22(25-10-9-15-12-26-18-11-16(23)7-8-17(15)18)28-14(4)20-27-13(3)19(31-20)21(29)30-6-2;/h7-8,11-12,14,26H,5-6,9-10H2,1-4H3,(H2,24,25,28);1H. The Balaban J connectivity index is 0.00000363. The van der Waals surface area contributed by atoms with Crippen molar-refractivity contribution in [3.05, 3.63) is 51.4 Å². The van der Waals surface area contributed by atoms with Crippen molar-refractivity contribution in [1.29, 1.82) is 0 Å². The lowest BCUT2D eigenvalue weighted by atomic mass is 10.1. The van der Waals surface area contributed by atoms with Gasteiger partial charge in [0.2, 0.25) is 0 Å². The van der Waals surface area contributed by atoms with Crippen molar-refractivity contribution in [2.24, 2.45) is 4.99 Å². The second kappa shape index (κ2) is 12.1. The molecule has 0 aliphatic rings. The van der Waals surface area contributed by atoms with Gasteiger partial charge in [0.25, 0.3) is 0 Å². The Labute approximate surface area is 208 Å². The van der Waals surface area contributed by atoms with E-state index in [9.17, 15) is 9.18 Å². The highest BCUT2D eigenvalue weighted by molar-refractivity contribution is 14.0. The summed E-state index contributed by atoms with van der Waals surface area (Å²) < 4.78 is 18.5. The van der Waals surface area contributed by atoms with Gasteiger partial charge in [-0.15, -0.1) is 35.3 Å². The zero-order valence-electron chi connectivity index (χ0n) is 18.6. The fourth-order valence-electron chi connectivity index (χ4n) is 3.23. The molecule has 0 amide bonds. The molecular weight excluding hydrogens is 544 g/mol. The van der Waals surface area contributed by atoms with Crippen molar-refractivity contribution in [1.82, 2.24) is 20.6 Å². The number of rotatable bonds is 8. The van der Waals surface area contributed by atoms with Gasteiger partial charge in [0.1, 0.15) is 15.7 Å². The first-order valence-corrected chi connectivity index (χ1v) is 11.2. The number of nitrogens with zero attached hydrogens (tertiary/aromatic N) is 2. The van der Waals surface area contributed by atoms with Gasteiger partial charge >= 0.3 is 5.97 Å². The number of aromatic amines is 1. The number of aryl methyl sites for hydroxylation is 1. The van der Waals surface area contributed by atoms with E-state index < -0.39 is 0 Å². The highest BCUT2D eigenvalue weighted by Gasteiger charge is 2.20. The van der Waals surface area contributed by atoms with E-state index >= 15 is 0 Å². The minimum Gasteiger partial charge on any atom is -0.462 e. The van der Waals surface area contributed by atoms with Gasteiger partial charge in [-0.3, -0.25) is 4.99 Å². The van der Waals surface area contributed by atoms with Crippen LogP contribution in [0.15, 0.2) is 29.4 Å². The summed E-state index contributed by atoms with van der Waals surface area (Å²) >= 11 is 1.33. The summed E-state index contributed by atoms with van der Waals surface area (Å²) in [5, 5.41) is 8.39. The molecule has 1 aromatic carbocycles. The second-order valence-corrected chi connectivity index (χ2v) is 8.10. The lowest BCUT2D eigenvalue weighted by Crippen LogP contribution is -2.38. The number of hydrogen-bond acceptors (Lipinski definition) is 5. The summed E-state index contributed by atoms with van der Waals surface area (Å²) in [6.07, 6.45) is 2.62. The first-order valence-electron chi connectivity index (χ1n) is 10.4. The van der Waals surface area contributed by atoms with E-state index in [1.54, 1.807) is 13.0 Å². The first kappa shape index (κ1) is 26.0. The molecule has 174 valence electrons. The van der Waals surface area contributed by atoms with Crippen LogP contribution in [0.5, 0.6) is 0 Å². The smallest absolute Gasteiger partial charge is 0.350 e. The van der Waals surface area contributed by atoms with Gasteiger partial charge in [0.15, 0.2) is 5.96 Å². The number of aliphatic imine (C=N–C) groups is 1. The lowest BCUT2D eigenvalue weighted by molar-refractivity contribution is 0.0531. The molecule has 0 saturated heterocycles. The van der Waals surface area contributed by atoms with E-state index in [4.69, 9.17) is 4.74 Å². The molecule has 3 aromatic rings. The Morgan fingerprint density at radius 1 is 1.38 bits per heavy atom. The minimum absolute atomic E-state index is 0. The number of aromatic nitrogens is 2. The molecule has 32 heavy (non-hydrogen) atoms. The number of guanidine groups is 1. The number of H-pyrrole nitrogens is 1. The monoisotopic (exact) mass is 573 g/mol. The number of halogens is 2. The number of carbonyl (C=O) groups is 1. The fraction of sp³-hybridized carbons (Fsp3) is 0.409. The minimum atomic E-state index is -0.338. The number of benzene rings is 1. The van der Waals surface area contributed by atoms with Gasteiger partial charge < -0.3 is 20.4 Å². The van der Waals surface area contributed by atoms with Crippen molar-refractivity contribution in [3.8, 4) is 0 Å². The van der Waals surface area contributed by atoms with Crippen molar-refractivity contribution in [3.63, 3.8) is 0 Å². The molecule has 0 spiro atoms. The molecule has 0 bridgehead atoms. The summed E-state index contributed by atoms with van der Waals surface area (Å²) in [5.41, 5.74) is 2.55. The van der Waals surface area contributed by atoms with Crippen LogP contribution in [0.4, 0.5) is 4.39 Å². The Morgan fingerprint density at radius 2 is 2.16 bits per heavy atom. The Kier molecular flexibility index (Phi) is 9.88. The molecular formula is C22H29FIN5O2S. The fourth-order valence-corrected chi connectivity index (χ4v) is 4.19. The molecule has 0 saturated carbocycles. The Hall–Kier alpha value is -2.21. The molecule has 3 N–H and O–H groups in total. The van der Waals surface area contributed by atoms with Crippen molar-refractivity contribution < 1.29 is 13.9 Å². The van der Waals surface area contributed by atoms with Crippen LogP contribution in [0.3, 0.4) is 0 Å². The topological polar surface area (TPSA) is 91.4 Å². The highest BCUT2D eigenvalue weighted by Crippen LogP contribution is 2.24. The largest absolute Gasteiger partial charge is 0.462 e. The van der Waals surface area contributed by atoms with Gasteiger partial charge in [-0.05, 0) is 57.9 Å². The van der Waals surface area contributed by atoms with Crippen LogP contribution in [-0.4, -0.2) is 41.6 Å². The van der Waals surface area contributed by atoms with Crippen LogP contribution in [0.25, 0.3) is 10.9 Å². The molecule has 10 heteroatoms. The Morgan fingerprint density at radius 3 is 2.88 bits per heavy atom. The molecule has 0 aliphatic carbocycles. The molecule has 3 rings (SSSR count). The summed E-state index contributed by atoms with van der Waals surface area (Å²) in [6, 6.07) is 4.63. The van der Waals surface area contributed by atoms with Gasteiger partial charge in [0.05, 0.1) is 18.3 Å². The summed E-state index contributed by atoms with van der Waals surface area (Å²) in [4.78, 5) is 24.9. The van der Waals surface area contributed by atoms with Crippen LogP contribution in [-0.2, 0) is 11.2 Å². The predicted octanol–water partition coefficient (Wildman–Crippen LogP) is 4.73. The molecule has 0 fully saturated rings. The van der Waals surface area contributed by atoms with E-state index in [0.717, 1.165) is 34.4 Å². The maximum atomic E-state index is 13.4. The number of carbonyl (C=O) groups excluding carboxylic acids is 1. The van der Waals surface area contributed by atoms with Crippen molar-refractivity contribution in [2.45, 2.75) is 40.2 Å². The maximum absolute atomic E-state index is 13.4. The van der Waals surface area contributed by atoms with E-state index in [1.165, 1.54) is 23.5 Å². The Bertz CT molecular complexity index is 1080. The van der Waals surface area contributed by atoms with E-state index in [0.29, 0.717) is 29.7 Å². The number of fused-ring (bicyclic) bond motifs is 1. The normalized spacial score (nSPS) is 12.3. The van der Waals surface area contributed by atoms with E-state index in [-0.39, 0.29) is 41.8 Å². The first-order chi connectivity index (χ1) is 14.9. The predicted molar refractivity (Wildman–Crippen MR) is 138 cm³/mol. The van der Waals surface area contributed by atoms with Crippen molar-refractivity contribution in [2.75, 3.05) is 19.7 Å². The number of esters is 1. The SMILES string of the molecule is CCNC(=NCCc1c[nH]c2cc(F)ccc12)NC(C)c1nc(C)c(C(=O)OCC)s1.I. The second-order valence-electron chi connectivity index (χ2n) is 7.07. The lowest BCUT2D eigenvalue weighted by Gasteiger charge is -2.16. The number of hydrogen-bond donors (Lipinski definition) is 3. The summed E-state index contributed by atoms with van der Waals surface area (Å²) in [6.45, 7) is 9.20. The van der Waals surface area contributed by atoms with Crippen molar-refractivity contribution >= 4 is 58.1 Å². The average molecular weight is 573 g/mol. The average Bonchev–Trinajstić information content (AvgIpc) is 3.31. The maximum Gasteiger partial charge on any atom is 0.350 e. The zero-order valence-corrected chi connectivity index (χ0v) is 21.8. The third kappa shape index (κ3) is 6.41. The zero-order chi connectivity index (χ0) is 22.4. The molecule has 2 heterocycles. The van der Waals surface area contributed by atoms with Crippen LogP contribution in [0.2, 0.25) is 0 Å². The third-order valence-corrected chi connectivity index (χ3v) is 6.04. The van der Waals surface area contributed by atoms with Gasteiger partial charge in [0, 0.05) is 30.2 Å². The van der Waals surface area contributed by atoms with Gasteiger partial charge in [-0.25, -0.2) is 14.2 Å². The van der Waals surface area contributed by atoms with Crippen LogP contribution in [0, 0.1) is 12.7 Å². The quantitative estimate of drug-likeness (QED) is 0.157. The molecule has 2 aromatic heterocycles. The van der Waals surface area contributed by atoms with Gasteiger partial charge in [-0.2, -0.15) is 0 Å². The van der Waals surface area contributed by atoms with E-state index in [1.807, 2.05) is 27.0 Å². The molecule has 1 unspecified atom stereocenters. The number of ether oxygens (including phenoxy) is 1.